The second kappa shape index (κ2) is 9.37. The molecule has 2 aliphatic rings. The molecule has 0 radical (unpaired) electrons. The van der Waals surface area contributed by atoms with Crippen LogP contribution in [0.25, 0.3) is 0 Å². The molecule has 164 valence electrons. The van der Waals surface area contributed by atoms with Crippen molar-refractivity contribution in [2.75, 3.05) is 7.11 Å². The van der Waals surface area contributed by atoms with Gasteiger partial charge in [-0.2, -0.15) is 0 Å². The fourth-order valence-corrected chi connectivity index (χ4v) is 3.98. The molecule has 2 aromatic rings. The lowest BCUT2D eigenvalue weighted by Gasteiger charge is -2.20. The molecule has 6 nitrogen and oxygen atoms in total. The number of amides is 1. The zero-order valence-electron chi connectivity index (χ0n) is 17.8. The molecule has 0 bridgehead atoms. The quantitative estimate of drug-likeness (QED) is 0.707. The number of nitrogens with one attached hydrogen (secondary N) is 1. The van der Waals surface area contributed by atoms with Crippen LogP contribution in [0, 0.1) is 5.82 Å². The Balaban J connectivity index is 1.36. The van der Waals surface area contributed by atoms with E-state index >= 15 is 0 Å². The first-order chi connectivity index (χ1) is 15.0. The Labute approximate surface area is 181 Å². The van der Waals surface area contributed by atoms with Crippen LogP contribution in [-0.2, 0) is 9.63 Å². The number of oxime groups is 1. The summed E-state index contributed by atoms with van der Waals surface area (Å²) >= 11 is 0. The van der Waals surface area contributed by atoms with E-state index in [1.807, 2.05) is 25.1 Å². The van der Waals surface area contributed by atoms with E-state index in [4.69, 9.17) is 14.3 Å². The summed E-state index contributed by atoms with van der Waals surface area (Å²) in [5, 5.41) is 6.93. The second-order valence-electron chi connectivity index (χ2n) is 8.01. The largest absolute Gasteiger partial charge is 0.493 e. The van der Waals surface area contributed by atoms with Gasteiger partial charge in [0.25, 0.3) is 5.91 Å². The topological polar surface area (TPSA) is 69.2 Å². The Hall–Kier alpha value is -3.09. The molecule has 1 heterocycles. The standard InChI is InChI=1S/C24H27FN2O4/c1-15(16-10-11-21(22(13-16)29-2)30-19-8-3-4-9-19)26-24(28)23-14-20(27-31-23)17-6-5-7-18(25)12-17/h5-7,10-13,15,19,23H,3-4,8-9,14H2,1-2H3,(H,26,28). The highest BCUT2D eigenvalue weighted by Crippen LogP contribution is 2.34. The van der Waals surface area contributed by atoms with E-state index in [2.05, 4.69) is 10.5 Å². The van der Waals surface area contributed by atoms with Gasteiger partial charge >= 0.3 is 0 Å². The van der Waals surface area contributed by atoms with Gasteiger partial charge in [-0.25, -0.2) is 4.39 Å². The van der Waals surface area contributed by atoms with Crippen molar-refractivity contribution in [3.05, 3.63) is 59.4 Å². The summed E-state index contributed by atoms with van der Waals surface area (Å²) in [6.07, 6.45) is 4.32. The van der Waals surface area contributed by atoms with E-state index in [1.165, 1.54) is 25.0 Å². The first-order valence-corrected chi connectivity index (χ1v) is 10.7. The van der Waals surface area contributed by atoms with Crippen molar-refractivity contribution in [3.8, 4) is 11.5 Å². The molecule has 7 heteroatoms. The van der Waals surface area contributed by atoms with Gasteiger partial charge in [-0.15, -0.1) is 0 Å². The molecular formula is C24H27FN2O4. The third-order valence-electron chi connectivity index (χ3n) is 5.76. The maximum atomic E-state index is 13.4. The van der Waals surface area contributed by atoms with Crippen molar-refractivity contribution in [1.82, 2.24) is 5.32 Å². The van der Waals surface area contributed by atoms with Crippen LogP contribution in [0.15, 0.2) is 47.6 Å². The minimum Gasteiger partial charge on any atom is -0.493 e. The molecule has 1 N–H and O–H groups in total. The molecule has 31 heavy (non-hydrogen) atoms. The van der Waals surface area contributed by atoms with E-state index in [0.29, 0.717) is 23.4 Å². The lowest BCUT2D eigenvalue weighted by atomic mass is 10.0. The highest BCUT2D eigenvalue weighted by atomic mass is 19.1. The van der Waals surface area contributed by atoms with Crippen molar-refractivity contribution in [1.29, 1.82) is 0 Å². The first kappa shape index (κ1) is 21.2. The van der Waals surface area contributed by atoms with Crippen LogP contribution in [0.3, 0.4) is 0 Å². The van der Waals surface area contributed by atoms with E-state index < -0.39 is 6.10 Å². The minimum atomic E-state index is -0.743. The van der Waals surface area contributed by atoms with Gasteiger partial charge < -0.3 is 19.6 Å². The first-order valence-electron chi connectivity index (χ1n) is 10.7. The lowest BCUT2D eigenvalue weighted by Crippen LogP contribution is -2.36. The summed E-state index contributed by atoms with van der Waals surface area (Å²) in [7, 11) is 1.61. The average molecular weight is 426 g/mol. The van der Waals surface area contributed by atoms with Crippen LogP contribution in [-0.4, -0.2) is 30.9 Å². The van der Waals surface area contributed by atoms with Crippen molar-refractivity contribution < 1.29 is 23.5 Å². The number of hydrogen-bond donors (Lipinski definition) is 1. The van der Waals surface area contributed by atoms with Crippen molar-refractivity contribution in [3.63, 3.8) is 0 Å². The highest BCUT2D eigenvalue weighted by molar-refractivity contribution is 6.04. The second-order valence-corrected chi connectivity index (χ2v) is 8.01. The van der Waals surface area contributed by atoms with Crippen LogP contribution in [0.1, 0.15) is 56.2 Å². The predicted octanol–water partition coefficient (Wildman–Crippen LogP) is 4.53. The van der Waals surface area contributed by atoms with Crippen LogP contribution in [0.5, 0.6) is 11.5 Å². The summed E-state index contributed by atoms with van der Waals surface area (Å²) in [5.41, 5.74) is 2.07. The normalized spacial score (nSPS) is 19.5. The van der Waals surface area contributed by atoms with Crippen LogP contribution in [0.4, 0.5) is 4.39 Å². The highest BCUT2D eigenvalue weighted by Gasteiger charge is 2.30. The molecule has 2 aromatic carbocycles. The van der Waals surface area contributed by atoms with Crippen LogP contribution >= 0.6 is 0 Å². The number of rotatable bonds is 7. The van der Waals surface area contributed by atoms with Crippen molar-refractivity contribution in [2.45, 2.75) is 57.3 Å². The number of carbonyl (C=O) groups excluding carboxylic acids is 1. The molecule has 1 saturated carbocycles. The van der Waals surface area contributed by atoms with Gasteiger partial charge in [-0.3, -0.25) is 4.79 Å². The predicted molar refractivity (Wildman–Crippen MR) is 115 cm³/mol. The number of carbonyl (C=O) groups is 1. The summed E-state index contributed by atoms with van der Waals surface area (Å²) in [6, 6.07) is 11.6. The number of hydrogen-bond acceptors (Lipinski definition) is 5. The Morgan fingerprint density at radius 2 is 2.00 bits per heavy atom. The molecule has 1 amide bonds. The maximum Gasteiger partial charge on any atom is 0.264 e. The van der Waals surface area contributed by atoms with Crippen molar-refractivity contribution in [2.24, 2.45) is 5.16 Å². The van der Waals surface area contributed by atoms with Crippen molar-refractivity contribution >= 4 is 11.6 Å². The van der Waals surface area contributed by atoms with Gasteiger partial charge in [0.2, 0.25) is 6.10 Å². The fourth-order valence-electron chi connectivity index (χ4n) is 3.98. The minimum absolute atomic E-state index is 0.240. The SMILES string of the molecule is COc1cc(C(C)NC(=O)C2CC(c3cccc(F)c3)=NO2)ccc1OC1CCCC1. The molecule has 0 saturated heterocycles. The molecule has 1 aliphatic heterocycles. The third kappa shape index (κ3) is 4.98. The molecule has 4 rings (SSSR count). The molecule has 2 atom stereocenters. The van der Waals surface area contributed by atoms with Crippen LogP contribution < -0.4 is 14.8 Å². The Bertz CT molecular complexity index is 972. The molecule has 0 spiro atoms. The fraction of sp³-hybridized carbons (Fsp3) is 0.417. The molecule has 1 aliphatic carbocycles. The molecule has 2 unspecified atom stereocenters. The van der Waals surface area contributed by atoms with E-state index in [-0.39, 0.29) is 23.9 Å². The number of halogens is 1. The lowest BCUT2D eigenvalue weighted by molar-refractivity contribution is -0.131. The number of ether oxygens (including phenoxy) is 2. The van der Waals surface area contributed by atoms with Gasteiger partial charge in [-0.05, 0) is 62.4 Å². The monoisotopic (exact) mass is 426 g/mol. The average Bonchev–Trinajstić information content (AvgIpc) is 3.46. The maximum absolute atomic E-state index is 13.4. The van der Waals surface area contributed by atoms with Gasteiger partial charge in [0.15, 0.2) is 11.5 Å². The Kier molecular flexibility index (Phi) is 6.39. The van der Waals surface area contributed by atoms with E-state index in [1.54, 1.807) is 19.2 Å². The molecular weight excluding hydrogens is 399 g/mol. The number of benzene rings is 2. The van der Waals surface area contributed by atoms with E-state index in [9.17, 15) is 9.18 Å². The Morgan fingerprint density at radius 1 is 1.19 bits per heavy atom. The summed E-state index contributed by atoms with van der Waals surface area (Å²) in [6.45, 7) is 1.90. The van der Waals surface area contributed by atoms with Gasteiger partial charge in [0.05, 0.1) is 25.0 Å². The van der Waals surface area contributed by atoms with E-state index in [0.717, 1.165) is 24.2 Å². The molecule has 1 fully saturated rings. The summed E-state index contributed by atoms with van der Waals surface area (Å²) in [4.78, 5) is 18.0. The summed E-state index contributed by atoms with van der Waals surface area (Å²) < 4.78 is 25.0. The smallest absolute Gasteiger partial charge is 0.264 e. The van der Waals surface area contributed by atoms with Crippen LogP contribution in [0.2, 0.25) is 0 Å². The number of methoxy groups -OCH3 is 1. The zero-order valence-corrected chi connectivity index (χ0v) is 17.8. The Morgan fingerprint density at radius 3 is 2.74 bits per heavy atom. The zero-order chi connectivity index (χ0) is 21.8. The van der Waals surface area contributed by atoms with Gasteiger partial charge in [0, 0.05) is 12.0 Å². The summed E-state index contributed by atoms with van der Waals surface area (Å²) in [5.74, 6) is 0.757. The third-order valence-corrected chi connectivity index (χ3v) is 5.76. The van der Waals surface area contributed by atoms with Gasteiger partial charge in [0.1, 0.15) is 5.82 Å². The number of nitrogens with zero attached hydrogens (tertiary/aromatic N) is 1. The van der Waals surface area contributed by atoms with Gasteiger partial charge in [-0.1, -0.05) is 23.4 Å². The molecule has 0 aromatic heterocycles.